The molecular weight excluding hydrogens is 220 g/mol. The second kappa shape index (κ2) is 5.88. The standard InChI is InChI=1S/C16H16N2/c1-2-16(18-12-17)15-10-8-14(9-11-15)13-6-4-3-5-7-13/h3-11,16,18H,2H2,1H3. The number of rotatable bonds is 4. The van der Waals surface area contributed by atoms with Gasteiger partial charge in [0.05, 0.1) is 6.04 Å². The third-order valence-electron chi connectivity index (χ3n) is 3.07. The number of nitriles is 1. The molecule has 18 heavy (non-hydrogen) atoms. The first-order chi connectivity index (χ1) is 8.85. The van der Waals surface area contributed by atoms with Crippen LogP contribution < -0.4 is 5.32 Å². The maximum Gasteiger partial charge on any atom is 0.177 e. The number of hydrogen-bond donors (Lipinski definition) is 1. The first-order valence-corrected chi connectivity index (χ1v) is 6.15. The lowest BCUT2D eigenvalue weighted by Crippen LogP contribution is -2.14. The fourth-order valence-corrected chi connectivity index (χ4v) is 2.04. The van der Waals surface area contributed by atoms with Crippen LogP contribution in [-0.2, 0) is 0 Å². The van der Waals surface area contributed by atoms with Gasteiger partial charge in [0.1, 0.15) is 0 Å². The normalized spacial score (nSPS) is 11.6. The van der Waals surface area contributed by atoms with Crippen LogP contribution in [-0.4, -0.2) is 0 Å². The second-order valence-electron chi connectivity index (χ2n) is 4.21. The lowest BCUT2D eigenvalue weighted by Gasteiger charge is -2.13. The summed E-state index contributed by atoms with van der Waals surface area (Å²) in [5.41, 5.74) is 3.57. The predicted molar refractivity (Wildman–Crippen MR) is 73.7 cm³/mol. The first-order valence-electron chi connectivity index (χ1n) is 6.15. The molecule has 0 aliphatic heterocycles. The van der Waals surface area contributed by atoms with Crippen molar-refractivity contribution in [2.24, 2.45) is 0 Å². The Morgan fingerprint density at radius 1 is 1.00 bits per heavy atom. The molecule has 1 N–H and O–H groups in total. The Morgan fingerprint density at radius 3 is 2.17 bits per heavy atom. The van der Waals surface area contributed by atoms with Gasteiger partial charge in [-0.3, -0.25) is 0 Å². The Labute approximate surface area is 108 Å². The Kier molecular flexibility index (Phi) is 3.98. The maximum atomic E-state index is 8.70. The molecule has 0 amide bonds. The Bertz CT molecular complexity index is 523. The van der Waals surface area contributed by atoms with Crippen LogP contribution in [0, 0.1) is 11.5 Å². The molecule has 1 unspecified atom stereocenters. The molecule has 2 aromatic carbocycles. The average Bonchev–Trinajstić information content (AvgIpc) is 2.46. The van der Waals surface area contributed by atoms with Gasteiger partial charge in [0.25, 0.3) is 0 Å². The molecule has 0 aliphatic rings. The first kappa shape index (κ1) is 12.2. The van der Waals surface area contributed by atoms with Crippen LogP contribution in [0.1, 0.15) is 24.9 Å². The van der Waals surface area contributed by atoms with E-state index in [0.717, 1.165) is 12.0 Å². The van der Waals surface area contributed by atoms with Crippen LogP contribution >= 0.6 is 0 Å². The smallest absolute Gasteiger partial charge is 0.177 e. The molecule has 0 bridgehead atoms. The van der Waals surface area contributed by atoms with Crippen molar-refractivity contribution in [2.45, 2.75) is 19.4 Å². The molecule has 2 nitrogen and oxygen atoms in total. The molecule has 0 heterocycles. The highest BCUT2D eigenvalue weighted by Crippen LogP contribution is 2.22. The van der Waals surface area contributed by atoms with Gasteiger partial charge in [-0.15, -0.1) is 0 Å². The molecule has 0 fully saturated rings. The summed E-state index contributed by atoms with van der Waals surface area (Å²) in [6, 6.07) is 18.8. The van der Waals surface area contributed by atoms with E-state index in [0.29, 0.717) is 0 Å². The van der Waals surface area contributed by atoms with E-state index < -0.39 is 0 Å². The van der Waals surface area contributed by atoms with Gasteiger partial charge in [0, 0.05) is 0 Å². The Morgan fingerprint density at radius 2 is 1.61 bits per heavy atom. The van der Waals surface area contributed by atoms with Crippen LogP contribution in [0.2, 0.25) is 0 Å². The van der Waals surface area contributed by atoms with E-state index in [2.05, 4.69) is 48.6 Å². The molecule has 0 spiro atoms. The summed E-state index contributed by atoms with van der Waals surface area (Å²) in [5, 5.41) is 11.5. The second-order valence-corrected chi connectivity index (χ2v) is 4.21. The molecule has 0 aliphatic carbocycles. The number of nitrogens with one attached hydrogen (secondary N) is 1. The van der Waals surface area contributed by atoms with Crippen molar-refractivity contribution in [3.63, 3.8) is 0 Å². The molecule has 2 aromatic rings. The molecule has 2 rings (SSSR count). The van der Waals surface area contributed by atoms with Crippen LogP contribution in [0.3, 0.4) is 0 Å². The van der Waals surface area contributed by atoms with Gasteiger partial charge in [0.15, 0.2) is 6.19 Å². The monoisotopic (exact) mass is 236 g/mol. The Hall–Kier alpha value is -2.27. The lowest BCUT2D eigenvalue weighted by molar-refractivity contribution is 0.611. The molecule has 0 saturated carbocycles. The number of nitrogens with zero attached hydrogens (tertiary/aromatic N) is 1. The molecule has 0 aromatic heterocycles. The largest absolute Gasteiger partial charge is 0.316 e. The summed E-state index contributed by atoms with van der Waals surface area (Å²) in [6.07, 6.45) is 2.91. The van der Waals surface area contributed by atoms with Crippen molar-refractivity contribution < 1.29 is 0 Å². The average molecular weight is 236 g/mol. The fourth-order valence-electron chi connectivity index (χ4n) is 2.04. The number of hydrogen-bond acceptors (Lipinski definition) is 2. The van der Waals surface area contributed by atoms with Crippen LogP contribution in [0.4, 0.5) is 0 Å². The van der Waals surface area contributed by atoms with E-state index in [9.17, 15) is 0 Å². The summed E-state index contributed by atoms with van der Waals surface area (Å²) >= 11 is 0. The lowest BCUT2D eigenvalue weighted by atomic mass is 10.00. The van der Waals surface area contributed by atoms with Gasteiger partial charge >= 0.3 is 0 Å². The predicted octanol–water partition coefficient (Wildman–Crippen LogP) is 3.88. The minimum atomic E-state index is 0.111. The van der Waals surface area contributed by atoms with Crippen molar-refractivity contribution in [1.29, 1.82) is 5.26 Å². The van der Waals surface area contributed by atoms with E-state index in [1.165, 1.54) is 11.1 Å². The van der Waals surface area contributed by atoms with Gasteiger partial charge in [0.2, 0.25) is 0 Å². The third-order valence-corrected chi connectivity index (χ3v) is 3.07. The third kappa shape index (κ3) is 2.70. The van der Waals surface area contributed by atoms with E-state index in [4.69, 9.17) is 5.26 Å². The molecule has 0 radical (unpaired) electrons. The molecular formula is C16H16N2. The van der Waals surface area contributed by atoms with Gasteiger partial charge < -0.3 is 5.32 Å². The summed E-state index contributed by atoms with van der Waals surface area (Å²) in [4.78, 5) is 0. The van der Waals surface area contributed by atoms with Gasteiger partial charge in [-0.1, -0.05) is 61.5 Å². The van der Waals surface area contributed by atoms with Gasteiger partial charge in [-0.05, 0) is 23.1 Å². The maximum absolute atomic E-state index is 8.70. The van der Waals surface area contributed by atoms with E-state index in [-0.39, 0.29) is 6.04 Å². The van der Waals surface area contributed by atoms with Crippen molar-refractivity contribution in [1.82, 2.24) is 5.32 Å². The molecule has 90 valence electrons. The summed E-state index contributed by atoms with van der Waals surface area (Å²) in [5.74, 6) is 0. The summed E-state index contributed by atoms with van der Waals surface area (Å²) in [7, 11) is 0. The SMILES string of the molecule is CCC(NC#N)c1ccc(-c2ccccc2)cc1. The summed E-state index contributed by atoms with van der Waals surface area (Å²) in [6.45, 7) is 2.07. The highest BCUT2D eigenvalue weighted by atomic mass is 14.9. The van der Waals surface area contributed by atoms with Crippen LogP contribution in [0.5, 0.6) is 0 Å². The highest BCUT2D eigenvalue weighted by molar-refractivity contribution is 5.63. The topological polar surface area (TPSA) is 35.8 Å². The quantitative estimate of drug-likeness (QED) is 0.646. The zero-order valence-corrected chi connectivity index (χ0v) is 10.4. The van der Waals surface area contributed by atoms with Crippen LogP contribution in [0.25, 0.3) is 11.1 Å². The highest BCUT2D eigenvalue weighted by Gasteiger charge is 2.07. The zero-order chi connectivity index (χ0) is 12.8. The number of benzene rings is 2. The van der Waals surface area contributed by atoms with Crippen LogP contribution in [0.15, 0.2) is 54.6 Å². The van der Waals surface area contributed by atoms with Crippen molar-refractivity contribution in [3.05, 3.63) is 60.2 Å². The zero-order valence-electron chi connectivity index (χ0n) is 10.4. The fraction of sp³-hybridized carbons (Fsp3) is 0.188. The van der Waals surface area contributed by atoms with Crippen molar-refractivity contribution >= 4 is 0 Å². The van der Waals surface area contributed by atoms with Crippen molar-refractivity contribution in [2.75, 3.05) is 0 Å². The van der Waals surface area contributed by atoms with Gasteiger partial charge in [-0.25, -0.2) is 0 Å². The molecule has 0 saturated heterocycles. The molecule has 1 atom stereocenters. The van der Waals surface area contributed by atoms with E-state index in [1.54, 1.807) is 0 Å². The molecule has 2 heteroatoms. The minimum absolute atomic E-state index is 0.111. The minimum Gasteiger partial charge on any atom is -0.316 e. The van der Waals surface area contributed by atoms with Crippen molar-refractivity contribution in [3.8, 4) is 17.3 Å². The van der Waals surface area contributed by atoms with Gasteiger partial charge in [-0.2, -0.15) is 5.26 Å². The summed E-state index contributed by atoms with van der Waals surface area (Å²) < 4.78 is 0. The Balaban J connectivity index is 2.23. The van der Waals surface area contributed by atoms with E-state index in [1.807, 2.05) is 24.4 Å². The van der Waals surface area contributed by atoms with E-state index >= 15 is 0 Å².